The highest BCUT2D eigenvalue weighted by molar-refractivity contribution is 6.31. The number of rotatable bonds is 3. The van der Waals surface area contributed by atoms with E-state index in [0.717, 1.165) is 12.1 Å². The third-order valence-electron chi connectivity index (χ3n) is 1.75. The van der Waals surface area contributed by atoms with Gasteiger partial charge in [0.2, 0.25) is 0 Å². The Morgan fingerprint density at radius 2 is 2.36 bits per heavy atom. The normalized spacial score (nSPS) is 10.4. The fourth-order valence-corrected chi connectivity index (χ4v) is 1.27. The zero-order chi connectivity index (χ0) is 10.4. The molecule has 72 valence electrons. The van der Waals surface area contributed by atoms with Gasteiger partial charge in [0.1, 0.15) is 6.07 Å². The van der Waals surface area contributed by atoms with Gasteiger partial charge in [0, 0.05) is 6.54 Å². The molecule has 0 bridgehead atoms. The zero-order valence-electron chi connectivity index (χ0n) is 7.92. The zero-order valence-corrected chi connectivity index (χ0v) is 8.67. The van der Waals surface area contributed by atoms with Crippen molar-refractivity contribution in [2.75, 3.05) is 13.6 Å². The summed E-state index contributed by atoms with van der Waals surface area (Å²) in [5.74, 6) is 0. The van der Waals surface area contributed by atoms with Gasteiger partial charge in [-0.05, 0) is 24.7 Å². The van der Waals surface area contributed by atoms with Crippen LogP contribution in [-0.2, 0) is 0 Å². The van der Waals surface area contributed by atoms with Crippen LogP contribution in [0.1, 0.15) is 11.1 Å². The summed E-state index contributed by atoms with van der Waals surface area (Å²) in [5, 5.41) is 12.2. The number of halogens is 1. The molecule has 0 amide bonds. The van der Waals surface area contributed by atoms with Crippen LogP contribution in [0.15, 0.2) is 24.3 Å². The van der Waals surface area contributed by atoms with Crippen molar-refractivity contribution in [2.45, 2.75) is 0 Å². The first-order valence-electron chi connectivity index (χ1n) is 4.28. The predicted octanol–water partition coefficient (Wildman–Crippen LogP) is 2.44. The third-order valence-corrected chi connectivity index (χ3v) is 2.06. The van der Waals surface area contributed by atoms with Crippen molar-refractivity contribution in [2.24, 2.45) is 0 Å². The van der Waals surface area contributed by atoms with E-state index in [1.807, 2.05) is 31.3 Å². The van der Waals surface area contributed by atoms with Gasteiger partial charge in [0.05, 0.1) is 10.6 Å². The van der Waals surface area contributed by atoms with Crippen LogP contribution in [0.25, 0.3) is 6.08 Å². The lowest BCUT2D eigenvalue weighted by Crippen LogP contribution is -2.03. The van der Waals surface area contributed by atoms with E-state index in [1.54, 1.807) is 12.1 Å². The average Bonchev–Trinajstić information content (AvgIpc) is 2.18. The van der Waals surface area contributed by atoms with E-state index >= 15 is 0 Å². The van der Waals surface area contributed by atoms with Crippen LogP contribution < -0.4 is 5.32 Å². The van der Waals surface area contributed by atoms with Crippen molar-refractivity contribution >= 4 is 17.7 Å². The second-order valence-electron chi connectivity index (χ2n) is 2.81. The van der Waals surface area contributed by atoms with Gasteiger partial charge in [-0.1, -0.05) is 29.8 Å². The van der Waals surface area contributed by atoms with Crippen LogP contribution in [0.3, 0.4) is 0 Å². The molecule has 0 aliphatic heterocycles. The SMILES string of the molecule is CNCC=Cc1ccc(C#N)c(Cl)c1. The number of nitrogens with one attached hydrogen (secondary N) is 1. The second kappa shape index (κ2) is 5.43. The Hall–Kier alpha value is -1.30. The number of nitrogens with zero attached hydrogens (tertiary/aromatic N) is 1. The number of hydrogen-bond acceptors (Lipinski definition) is 2. The molecule has 0 spiro atoms. The number of nitriles is 1. The molecular weight excluding hydrogens is 196 g/mol. The molecule has 0 aromatic heterocycles. The topological polar surface area (TPSA) is 35.8 Å². The van der Waals surface area contributed by atoms with E-state index in [9.17, 15) is 0 Å². The standard InChI is InChI=1S/C11H11ClN2/c1-14-6-2-3-9-4-5-10(8-13)11(12)7-9/h2-5,7,14H,6H2,1H3. The van der Waals surface area contributed by atoms with E-state index in [1.165, 1.54) is 0 Å². The van der Waals surface area contributed by atoms with Crippen molar-refractivity contribution in [3.05, 3.63) is 40.4 Å². The lowest BCUT2D eigenvalue weighted by atomic mass is 10.1. The van der Waals surface area contributed by atoms with Crippen molar-refractivity contribution in [1.82, 2.24) is 5.32 Å². The second-order valence-corrected chi connectivity index (χ2v) is 3.22. The van der Waals surface area contributed by atoms with Crippen molar-refractivity contribution in [1.29, 1.82) is 5.26 Å². The fraction of sp³-hybridized carbons (Fsp3) is 0.182. The van der Waals surface area contributed by atoms with Gasteiger partial charge in [-0.25, -0.2) is 0 Å². The van der Waals surface area contributed by atoms with E-state index < -0.39 is 0 Å². The Kier molecular flexibility index (Phi) is 4.18. The monoisotopic (exact) mass is 206 g/mol. The van der Waals surface area contributed by atoms with Crippen LogP contribution in [0.5, 0.6) is 0 Å². The summed E-state index contributed by atoms with van der Waals surface area (Å²) >= 11 is 5.87. The molecule has 0 aliphatic rings. The molecule has 0 atom stereocenters. The van der Waals surface area contributed by atoms with Gasteiger partial charge in [-0.2, -0.15) is 5.26 Å². The van der Waals surface area contributed by atoms with Crippen LogP contribution >= 0.6 is 11.6 Å². The number of hydrogen-bond donors (Lipinski definition) is 1. The Bertz CT molecular complexity index is 377. The van der Waals surface area contributed by atoms with E-state index in [0.29, 0.717) is 10.6 Å². The fourth-order valence-electron chi connectivity index (χ4n) is 1.04. The lowest BCUT2D eigenvalue weighted by molar-refractivity contribution is 0.922. The molecule has 3 heteroatoms. The molecule has 1 rings (SSSR count). The van der Waals surface area contributed by atoms with Crippen LogP contribution in [0, 0.1) is 11.3 Å². The Morgan fingerprint density at radius 3 is 2.93 bits per heavy atom. The van der Waals surface area contributed by atoms with Gasteiger partial charge >= 0.3 is 0 Å². The van der Waals surface area contributed by atoms with Crippen LogP contribution in [0.2, 0.25) is 5.02 Å². The summed E-state index contributed by atoms with van der Waals surface area (Å²) in [5.41, 5.74) is 1.52. The summed E-state index contributed by atoms with van der Waals surface area (Å²) in [6.45, 7) is 0.817. The highest BCUT2D eigenvalue weighted by Gasteiger charge is 1.97. The van der Waals surface area contributed by atoms with Gasteiger partial charge in [-0.15, -0.1) is 0 Å². The Morgan fingerprint density at radius 1 is 1.57 bits per heavy atom. The van der Waals surface area contributed by atoms with Gasteiger partial charge in [0.25, 0.3) is 0 Å². The highest BCUT2D eigenvalue weighted by atomic mass is 35.5. The lowest BCUT2D eigenvalue weighted by Gasteiger charge is -1.97. The first kappa shape index (κ1) is 10.8. The first-order chi connectivity index (χ1) is 6.77. The maximum atomic E-state index is 8.66. The molecule has 0 heterocycles. The average molecular weight is 207 g/mol. The maximum Gasteiger partial charge on any atom is 0.101 e. The minimum Gasteiger partial charge on any atom is -0.316 e. The molecule has 2 nitrogen and oxygen atoms in total. The van der Waals surface area contributed by atoms with Gasteiger partial charge in [0.15, 0.2) is 0 Å². The minimum absolute atomic E-state index is 0.499. The van der Waals surface area contributed by atoms with Gasteiger partial charge < -0.3 is 5.32 Å². The number of likely N-dealkylation sites (N-methyl/N-ethyl adjacent to an activating group) is 1. The summed E-state index contributed by atoms with van der Waals surface area (Å²) < 4.78 is 0. The van der Waals surface area contributed by atoms with Crippen LogP contribution in [-0.4, -0.2) is 13.6 Å². The van der Waals surface area contributed by atoms with E-state index in [-0.39, 0.29) is 0 Å². The van der Waals surface area contributed by atoms with E-state index in [4.69, 9.17) is 16.9 Å². The molecule has 1 aromatic carbocycles. The molecule has 14 heavy (non-hydrogen) atoms. The summed E-state index contributed by atoms with van der Waals surface area (Å²) in [6, 6.07) is 7.40. The molecular formula is C11H11ClN2. The van der Waals surface area contributed by atoms with Gasteiger partial charge in [-0.3, -0.25) is 0 Å². The largest absolute Gasteiger partial charge is 0.316 e. The third kappa shape index (κ3) is 2.88. The molecule has 0 fully saturated rings. The van der Waals surface area contributed by atoms with Crippen molar-refractivity contribution < 1.29 is 0 Å². The molecule has 0 aliphatic carbocycles. The highest BCUT2D eigenvalue weighted by Crippen LogP contribution is 2.17. The molecule has 0 radical (unpaired) electrons. The number of benzene rings is 1. The summed E-state index contributed by atoms with van der Waals surface area (Å²) in [4.78, 5) is 0. The van der Waals surface area contributed by atoms with E-state index in [2.05, 4.69) is 5.32 Å². The molecule has 0 saturated heterocycles. The Labute approximate surface area is 88.8 Å². The smallest absolute Gasteiger partial charge is 0.101 e. The Balaban J connectivity index is 2.82. The van der Waals surface area contributed by atoms with Crippen LogP contribution in [0.4, 0.5) is 0 Å². The summed E-state index contributed by atoms with van der Waals surface area (Å²) in [7, 11) is 1.89. The first-order valence-corrected chi connectivity index (χ1v) is 4.66. The molecule has 1 N–H and O–H groups in total. The maximum absolute atomic E-state index is 8.66. The quantitative estimate of drug-likeness (QED) is 0.825. The molecule has 0 unspecified atom stereocenters. The summed E-state index contributed by atoms with van der Waals surface area (Å²) in [6.07, 6.45) is 3.96. The molecule has 1 aromatic rings. The van der Waals surface area contributed by atoms with Crippen molar-refractivity contribution in [3.63, 3.8) is 0 Å². The minimum atomic E-state index is 0.499. The molecule has 0 saturated carbocycles. The van der Waals surface area contributed by atoms with Crippen molar-refractivity contribution in [3.8, 4) is 6.07 Å². The predicted molar refractivity (Wildman–Crippen MR) is 59.1 cm³/mol.